The van der Waals surface area contributed by atoms with Crippen LogP contribution >= 0.6 is 0 Å². The molecule has 0 aliphatic carbocycles. The molecular weight excluding hydrogens is 552 g/mol. The molecule has 0 radical (unpaired) electrons. The van der Waals surface area contributed by atoms with Gasteiger partial charge >= 0.3 is 0 Å². The van der Waals surface area contributed by atoms with Crippen LogP contribution in [0.1, 0.15) is 34.6 Å². The van der Waals surface area contributed by atoms with Crippen molar-refractivity contribution in [2.45, 2.75) is 12.4 Å². The number of ether oxygens (including phenoxy) is 1. The van der Waals surface area contributed by atoms with Gasteiger partial charge in [-0.2, -0.15) is 0 Å². The van der Waals surface area contributed by atoms with Gasteiger partial charge in [-0.25, -0.2) is 9.98 Å². The molecule has 2 aliphatic rings. The van der Waals surface area contributed by atoms with Gasteiger partial charge in [-0.15, -0.1) is 0 Å². The number of nitrogens with zero attached hydrogens (tertiary/aromatic N) is 2. The van der Waals surface area contributed by atoms with Gasteiger partial charge in [0.25, 0.3) is 0 Å². The maximum Gasteiger partial charge on any atom is 0.196 e. The second kappa shape index (κ2) is 11.6. The minimum atomic E-state index is -0.444. The van der Waals surface area contributed by atoms with Gasteiger partial charge in [-0.1, -0.05) is 127 Å². The van der Waals surface area contributed by atoms with Crippen molar-refractivity contribution in [1.29, 1.82) is 0 Å². The number of para-hydroxylation sites is 2. The fraction of sp³-hybridized carbons (Fsp3) is 0.0500. The minimum Gasteiger partial charge on any atom is -0.464 e. The molecule has 6 aromatic carbocycles. The van der Waals surface area contributed by atoms with Crippen LogP contribution in [-0.4, -0.2) is 11.7 Å². The van der Waals surface area contributed by atoms with Crippen LogP contribution in [0.5, 0.6) is 5.75 Å². The molecule has 6 aromatic rings. The SMILES string of the molecule is c1ccc(-c2cccc(C3=NC(c4cccc(C5Nc6ccccc6O5)c4)N=C(c4cccc(-c5ccccc5)c4)N3)c2)cc1. The van der Waals surface area contributed by atoms with Crippen molar-refractivity contribution >= 4 is 17.4 Å². The number of hydrogen-bond donors (Lipinski definition) is 2. The lowest BCUT2D eigenvalue weighted by atomic mass is 10.0. The quantitative estimate of drug-likeness (QED) is 0.206. The van der Waals surface area contributed by atoms with Crippen LogP contribution in [0.3, 0.4) is 0 Å². The Kier molecular flexibility index (Phi) is 6.89. The fourth-order valence-electron chi connectivity index (χ4n) is 5.87. The second-order valence-corrected chi connectivity index (χ2v) is 11.2. The molecule has 0 aromatic heterocycles. The van der Waals surface area contributed by atoms with E-state index in [4.69, 9.17) is 14.7 Å². The Labute approximate surface area is 262 Å². The van der Waals surface area contributed by atoms with E-state index in [1.807, 2.05) is 36.4 Å². The van der Waals surface area contributed by atoms with Gasteiger partial charge in [0.2, 0.25) is 0 Å². The van der Waals surface area contributed by atoms with Crippen LogP contribution in [0.4, 0.5) is 5.69 Å². The minimum absolute atomic E-state index is 0.277. The Hall–Kier alpha value is -5.94. The van der Waals surface area contributed by atoms with Gasteiger partial charge in [0, 0.05) is 16.7 Å². The summed E-state index contributed by atoms with van der Waals surface area (Å²) in [4.78, 5) is 10.4. The summed E-state index contributed by atoms with van der Waals surface area (Å²) in [5, 5.41) is 7.08. The Morgan fingerprint density at radius 3 is 1.58 bits per heavy atom. The molecule has 45 heavy (non-hydrogen) atoms. The Morgan fingerprint density at radius 2 is 0.956 bits per heavy atom. The van der Waals surface area contributed by atoms with Gasteiger partial charge in [0.1, 0.15) is 17.4 Å². The van der Waals surface area contributed by atoms with Crippen LogP contribution in [0.2, 0.25) is 0 Å². The normalized spacial score (nSPS) is 15.6. The zero-order valence-electron chi connectivity index (χ0n) is 24.5. The third-order valence-corrected chi connectivity index (χ3v) is 8.16. The van der Waals surface area contributed by atoms with Gasteiger partial charge in [0.15, 0.2) is 12.4 Å². The number of fused-ring (bicyclic) bond motifs is 1. The molecule has 1 unspecified atom stereocenters. The standard InChI is InChI=1S/C40H30N4O/c1-3-12-27(13-4-1)29-16-9-18-31(24-29)37-42-38(32-19-10-17-30(25-32)28-14-5-2-6-15-28)44-39(43-37)33-20-11-21-34(26-33)40-41-35-22-7-8-23-36(35)45-40/h1-26,39-41H,(H,42,43,44). The van der Waals surface area contributed by atoms with Crippen LogP contribution in [-0.2, 0) is 0 Å². The van der Waals surface area contributed by atoms with Crippen LogP contribution in [0, 0.1) is 0 Å². The lowest BCUT2D eigenvalue weighted by Crippen LogP contribution is -2.36. The summed E-state index contributed by atoms with van der Waals surface area (Å²) >= 11 is 0. The van der Waals surface area contributed by atoms with E-state index in [-0.39, 0.29) is 6.23 Å². The monoisotopic (exact) mass is 582 g/mol. The third-order valence-electron chi connectivity index (χ3n) is 8.16. The summed E-state index contributed by atoms with van der Waals surface area (Å²) in [6, 6.07) is 54.2. The van der Waals surface area contributed by atoms with Gasteiger partial charge in [-0.05, 0) is 58.1 Å². The lowest BCUT2D eigenvalue weighted by Gasteiger charge is -2.23. The van der Waals surface area contributed by atoms with Crippen molar-refractivity contribution in [2.75, 3.05) is 5.32 Å². The molecule has 1 atom stereocenters. The number of nitrogens with one attached hydrogen (secondary N) is 2. The topological polar surface area (TPSA) is 58.0 Å². The number of aliphatic imine (C=N–C) groups is 2. The molecule has 5 heteroatoms. The molecule has 8 rings (SSSR count). The maximum atomic E-state index is 6.23. The summed E-state index contributed by atoms with van der Waals surface area (Å²) in [5.41, 5.74) is 9.60. The summed E-state index contributed by atoms with van der Waals surface area (Å²) in [6.45, 7) is 0. The van der Waals surface area contributed by atoms with Crippen LogP contribution in [0.15, 0.2) is 168 Å². The molecule has 0 amide bonds. The fourth-order valence-corrected chi connectivity index (χ4v) is 5.87. The Bertz CT molecular complexity index is 1930. The number of rotatable bonds is 6. The summed E-state index contributed by atoms with van der Waals surface area (Å²) in [6.07, 6.45) is -0.721. The Morgan fingerprint density at radius 1 is 0.444 bits per heavy atom. The van der Waals surface area contributed by atoms with Crippen molar-refractivity contribution < 1.29 is 4.74 Å². The third kappa shape index (κ3) is 5.48. The van der Waals surface area contributed by atoms with Crippen LogP contribution < -0.4 is 15.4 Å². The van der Waals surface area contributed by atoms with E-state index in [0.717, 1.165) is 67.6 Å². The van der Waals surface area contributed by atoms with E-state index in [1.54, 1.807) is 0 Å². The van der Waals surface area contributed by atoms with Crippen molar-refractivity contribution in [3.63, 3.8) is 0 Å². The van der Waals surface area contributed by atoms with Gasteiger partial charge in [0.05, 0.1) is 5.69 Å². The first kappa shape index (κ1) is 26.7. The zero-order valence-corrected chi connectivity index (χ0v) is 24.5. The smallest absolute Gasteiger partial charge is 0.196 e. The van der Waals surface area contributed by atoms with Crippen molar-refractivity contribution in [1.82, 2.24) is 5.32 Å². The highest BCUT2D eigenvalue weighted by molar-refractivity contribution is 6.16. The molecule has 0 saturated heterocycles. The summed E-state index contributed by atoms with van der Waals surface area (Å²) in [7, 11) is 0. The average Bonchev–Trinajstić information content (AvgIpc) is 3.57. The molecule has 2 N–H and O–H groups in total. The maximum absolute atomic E-state index is 6.23. The number of amidine groups is 2. The molecule has 5 nitrogen and oxygen atoms in total. The number of benzene rings is 6. The molecular formula is C40H30N4O. The number of anilines is 1. The molecule has 216 valence electrons. The second-order valence-electron chi connectivity index (χ2n) is 11.2. The Balaban J connectivity index is 1.19. The number of hydrogen-bond acceptors (Lipinski definition) is 5. The van der Waals surface area contributed by atoms with Gasteiger partial charge in [-0.3, -0.25) is 0 Å². The van der Waals surface area contributed by atoms with Gasteiger partial charge < -0.3 is 15.4 Å². The first-order valence-electron chi connectivity index (χ1n) is 15.1. The van der Waals surface area contributed by atoms with Crippen molar-refractivity contribution in [3.05, 3.63) is 180 Å². The molecule has 0 bridgehead atoms. The zero-order chi connectivity index (χ0) is 30.0. The highest BCUT2D eigenvalue weighted by atomic mass is 16.5. The van der Waals surface area contributed by atoms with E-state index in [1.165, 1.54) is 0 Å². The average molecular weight is 583 g/mol. The van der Waals surface area contributed by atoms with E-state index < -0.39 is 6.17 Å². The molecule has 0 spiro atoms. The highest BCUT2D eigenvalue weighted by Gasteiger charge is 2.25. The van der Waals surface area contributed by atoms with Crippen molar-refractivity contribution in [2.24, 2.45) is 9.98 Å². The lowest BCUT2D eigenvalue weighted by molar-refractivity contribution is 0.259. The van der Waals surface area contributed by atoms with E-state index in [9.17, 15) is 0 Å². The highest BCUT2D eigenvalue weighted by Crippen LogP contribution is 2.38. The van der Waals surface area contributed by atoms with Crippen LogP contribution in [0.25, 0.3) is 22.3 Å². The molecule has 0 fully saturated rings. The predicted molar refractivity (Wildman–Crippen MR) is 183 cm³/mol. The summed E-state index contributed by atoms with van der Waals surface area (Å²) < 4.78 is 6.23. The predicted octanol–water partition coefficient (Wildman–Crippen LogP) is 9.02. The molecule has 2 aliphatic heterocycles. The van der Waals surface area contributed by atoms with Crippen molar-refractivity contribution in [3.8, 4) is 28.0 Å². The molecule has 2 heterocycles. The van der Waals surface area contributed by atoms with E-state index in [2.05, 4.69) is 132 Å². The van der Waals surface area contributed by atoms with E-state index in [0.29, 0.717) is 0 Å². The van der Waals surface area contributed by atoms with E-state index >= 15 is 0 Å². The molecule has 0 saturated carbocycles. The first-order valence-corrected chi connectivity index (χ1v) is 15.1. The summed E-state index contributed by atoms with van der Waals surface area (Å²) in [5.74, 6) is 2.41. The largest absolute Gasteiger partial charge is 0.464 e. The first-order chi connectivity index (χ1) is 22.3.